The van der Waals surface area contributed by atoms with Gasteiger partial charge in [0.1, 0.15) is 0 Å². The van der Waals surface area contributed by atoms with Gasteiger partial charge in [-0.05, 0) is 0 Å². The summed E-state index contributed by atoms with van der Waals surface area (Å²) in [6.07, 6.45) is 2.96. The first-order valence-electron chi connectivity index (χ1n) is 6.89. The van der Waals surface area contributed by atoms with Crippen LogP contribution in [0.4, 0.5) is 0 Å². The number of hydrogen-bond donors (Lipinski definition) is 0. The van der Waals surface area contributed by atoms with Crippen molar-refractivity contribution < 1.29 is 0 Å². The number of likely N-dealkylation sites (N-methyl/N-ethyl adjacent to an activating group) is 1. The molecule has 0 heterocycles. The van der Waals surface area contributed by atoms with Gasteiger partial charge in [-0.1, -0.05) is 0 Å². The Morgan fingerprint density at radius 3 is 2.16 bits per heavy atom. The molecule has 0 unspecified atom stereocenters. The Labute approximate surface area is 125 Å². The van der Waals surface area contributed by atoms with Gasteiger partial charge in [0.05, 0.1) is 0 Å². The fourth-order valence-corrected chi connectivity index (χ4v) is 3.21. The summed E-state index contributed by atoms with van der Waals surface area (Å²) in [5, 5.41) is 0. The summed E-state index contributed by atoms with van der Waals surface area (Å²) in [5.41, 5.74) is 3.81. The summed E-state index contributed by atoms with van der Waals surface area (Å²) in [6, 6.07) is 10.5. The summed E-state index contributed by atoms with van der Waals surface area (Å²) < 4.78 is 1.22. The number of benzene rings is 1. The molecule has 0 spiro atoms. The molecule has 1 nitrogen and oxygen atoms in total. The van der Waals surface area contributed by atoms with E-state index >= 15 is 0 Å². The van der Waals surface area contributed by atoms with E-state index in [1.54, 1.807) is 0 Å². The summed E-state index contributed by atoms with van der Waals surface area (Å²) in [5.74, 6) is 0. The van der Waals surface area contributed by atoms with Crippen molar-refractivity contribution in [2.45, 2.75) is 27.2 Å². The van der Waals surface area contributed by atoms with Gasteiger partial charge in [0.15, 0.2) is 0 Å². The number of allylic oxidation sites excluding steroid dienone is 2. The van der Waals surface area contributed by atoms with Gasteiger partial charge in [-0.25, -0.2) is 0 Å². The first-order valence-corrected chi connectivity index (χ1v) is 7.75. The quantitative estimate of drug-likeness (QED) is 0.547. The zero-order chi connectivity index (χ0) is 14.3. The van der Waals surface area contributed by atoms with Gasteiger partial charge >= 0.3 is 125 Å². The van der Waals surface area contributed by atoms with Crippen molar-refractivity contribution in [1.82, 2.24) is 4.90 Å². The molecule has 1 aromatic rings. The molecule has 0 bridgehead atoms. The first kappa shape index (κ1) is 15.9. The Balaban J connectivity index is 3.33. The second-order valence-corrected chi connectivity index (χ2v) is 5.11. The van der Waals surface area contributed by atoms with Crippen LogP contribution in [0.1, 0.15) is 32.8 Å². The van der Waals surface area contributed by atoms with Crippen molar-refractivity contribution in [3.8, 4) is 0 Å². The van der Waals surface area contributed by atoms with Gasteiger partial charge in [-0.2, -0.15) is 0 Å². The molecule has 0 saturated heterocycles. The molecule has 0 amide bonds. The van der Waals surface area contributed by atoms with Crippen LogP contribution in [0, 0.1) is 0 Å². The second kappa shape index (κ2) is 8.14. The number of nitrogens with zero attached hydrogens (tertiary/aromatic N) is 1. The van der Waals surface area contributed by atoms with Crippen molar-refractivity contribution in [2.24, 2.45) is 0 Å². The molecule has 0 saturated carbocycles. The van der Waals surface area contributed by atoms with Crippen LogP contribution in [0.5, 0.6) is 0 Å². The van der Waals surface area contributed by atoms with Crippen molar-refractivity contribution in [1.29, 1.82) is 0 Å². The SMILES string of the molecule is C=C/C(CC)=C(\C(=[Se])N(CC)CC)c1ccccc1. The molecule has 1 aromatic carbocycles. The van der Waals surface area contributed by atoms with Crippen molar-refractivity contribution in [3.63, 3.8) is 0 Å². The standard InChI is InChI=1S/C17H23NSe/c1-5-14(6-2)16(15-12-10-9-11-13-15)17(19)18(7-3)8-4/h5,9-13H,1,6-8H2,2-4H3/b16-14+. The molecule has 0 fully saturated rings. The molecule has 102 valence electrons. The minimum atomic E-state index is 0.986. The van der Waals surface area contributed by atoms with E-state index in [0.717, 1.165) is 19.5 Å². The zero-order valence-electron chi connectivity index (χ0n) is 12.1. The molecule has 2 heteroatoms. The van der Waals surface area contributed by atoms with Gasteiger partial charge < -0.3 is 0 Å². The third-order valence-electron chi connectivity index (χ3n) is 3.28. The Kier molecular flexibility index (Phi) is 6.83. The van der Waals surface area contributed by atoms with E-state index in [-0.39, 0.29) is 0 Å². The monoisotopic (exact) mass is 321 g/mol. The van der Waals surface area contributed by atoms with Crippen LogP contribution >= 0.6 is 0 Å². The summed E-state index contributed by atoms with van der Waals surface area (Å²) in [6.45, 7) is 12.5. The minimum absolute atomic E-state index is 0.986. The van der Waals surface area contributed by atoms with Crippen LogP contribution in [0.2, 0.25) is 0 Å². The molecule has 0 radical (unpaired) electrons. The predicted octanol–water partition coefficient (Wildman–Crippen LogP) is 3.68. The van der Waals surface area contributed by atoms with E-state index in [4.69, 9.17) is 0 Å². The van der Waals surface area contributed by atoms with Gasteiger partial charge in [0.25, 0.3) is 0 Å². The van der Waals surface area contributed by atoms with E-state index in [1.807, 2.05) is 6.08 Å². The third kappa shape index (κ3) is 3.92. The average molecular weight is 320 g/mol. The molecule has 0 atom stereocenters. The number of rotatable bonds is 7. The van der Waals surface area contributed by atoms with Crippen LogP contribution in [0.15, 0.2) is 48.6 Å². The Morgan fingerprint density at radius 2 is 1.74 bits per heavy atom. The topological polar surface area (TPSA) is 3.24 Å². The fourth-order valence-electron chi connectivity index (χ4n) is 2.14. The van der Waals surface area contributed by atoms with Crippen LogP contribution in [0.3, 0.4) is 0 Å². The number of hydrogen-bond acceptors (Lipinski definition) is 1. The van der Waals surface area contributed by atoms with Crippen LogP contribution < -0.4 is 0 Å². The summed E-state index contributed by atoms with van der Waals surface area (Å²) in [4.78, 5) is 2.35. The van der Waals surface area contributed by atoms with Crippen LogP contribution in [0.25, 0.3) is 5.57 Å². The fraction of sp³-hybridized carbons (Fsp3) is 0.353. The van der Waals surface area contributed by atoms with Crippen molar-refractivity contribution >= 4 is 25.7 Å². The predicted molar refractivity (Wildman–Crippen MR) is 87.5 cm³/mol. The maximum atomic E-state index is 3.97. The van der Waals surface area contributed by atoms with E-state index in [0.29, 0.717) is 0 Å². The molecule has 0 aliphatic rings. The van der Waals surface area contributed by atoms with Gasteiger partial charge in [-0.3, -0.25) is 0 Å². The van der Waals surface area contributed by atoms with Gasteiger partial charge in [0.2, 0.25) is 0 Å². The van der Waals surface area contributed by atoms with Crippen LogP contribution in [-0.2, 0) is 0 Å². The Bertz CT molecular complexity index is 455. The van der Waals surface area contributed by atoms with E-state index < -0.39 is 0 Å². The van der Waals surface area contributed by atoms with E-state index in [9.17, 15) is 0 Å². The first-order chi connectivity index (χ1) is 9.19. The molecular weight excluding hydrogens is 297 g/mol. The zero-order valence-corrected chi connectivity index (χ0v) is 13.9. The van der Waals surface area contributed by atoms with Crippen molar-refractivity contribution in [3.05, 3.63) is 54.1 Å². The Hall–Kier alpha value is -1.11. The van der Waals surface area contributed by atoms with Gasteiger partial charge in [0, 0.05) is 0 Å². The molecule has 1 rings (SSSR count). The third-order valence-corrected chi connectivity index (χ3v) is 4.25. The summed E-state index contributed by atoms with van der Waals surface area (Å²) in [7, 11) is 0. The van der Waals surface area contributed by atoms with Crippen LogP contribution in [-0.4, -0.2) is 38.1 Å². The van der Waals surface area contributed by atoms with E-state index in [1.165, 1.54) is 21.3 Å². The second-order valence-electron chi connectivity index (χ2n) is 4.30. The summed E-state index contributed by atoms with van der Waals surface area (Å²) >= 11 is 3.26. The molecule has 0 N–H and O–H groups in total. The molecule has 0 aliphatic carbocycles. The van der Waals surface area contributed by atoms with Gasteiger partial charge in [-0.15, -0.1) is 0 Å². The van der Waals surface area contributed by atoms with E-state index in [2.05, 4.69) is 78.2 Å². The molecule has 19 heavy (non-hydrogen) atoms. The van der Waals surface area contributed by atoms with Crippen molar-refractivity contribution in [2.75, 3.05) is 13.1 Å². The average Bonchev–Trinajstić information content (AvgIpc) is 2.46. The molecule has 0 aliphatic heterocycles. The Morgan fingerprint density at radius 1 is 1.16 bits per heavy atom. The molecular formula is C17H23NSe. The maximum absolute atomic E-state index is 3.97. The normalized spacial score (nSPS) is 11.7. The molecule has 0 aromatic heterocycles.